The second kappa shape index (κ2) is 6.53. The topological polar surface area (TPSA) is 75.1 Å². The molecule has 3 aromatic rings. The SMILES string of the molecule is O=C(O)CCCNc1ncnc2sc(-c3ccccc3)cc12. The van der Waals surface area contributed by atoms with E-state index in [1.165, 1.54) is 6.33 Å². The van der Waals surface area contributed by atoms with Crippen LogP contribution >= 0.6 is 11.3 Å². The van der Waals surface area contributed by atoms with Crippen molar-refractivity contribution in [2.45, 2.75) is 12.8 Å². The maximum atomic E-state index is 10.5. The fourth-order valence-corrected chi connectivity index (χ4v) is 3.19. The average molecular weight is 313 g/mol. The summed E-state index contributed by atoms with van der Waals surface area (Å²) in [5.41, 5.74) is 1.15. The molecule has 0 aliphatic heterocycles. The van der Waals surface area contributed by atoms with Crippen LogP contribution in [0.15, 0.2) is 42.7 Å². The Hall–Kier alpha value is -2.47. The Bertz CT molecular complexity index is 786. The third-order valence-corrected chi connectivity index (χ3v) is 4.34. The molecule has 0 fully saturated rings. The molecule has 22 heavy (non-hydrogen) atoms. The summed E-state index contributed by atoms with van der Waals surface area (Å²) < 4.78 is 0. The minimum atomic E-state index is -0.781. The predicted molar refractivity (Wildman–Crippen MR) is 88.2 cm³/mol. The number of nitrogens with one attached hydrogen (secondary N) is 1. The molecular formula is C16H15N3O2S. The molecule has 2 N–H and O–H groups in total. The van der Waals surface area contributed by atoms with Gasteiger partial charge in [-0.3, -0.25) is 4.79 Å². The van der Waals surface area contributed by atoms with E-state index in [0.717, 1.165) is 26.5 Å². The van der Waals surface area contributed by atoms with Crippen LogP contribution in [0, 0.1) is 0 Å². The van der Waals surface area contributed by atoms with Gasteiger partial charge in [0, 0.05) is 17.8 Å². The van der Waals surface area contributed by atoms with E-state index in [1.807, 2.05) is 18.2 Å². The molecule has 0 spiro atoms. The van der Waals surface area contributed by atoms with Gasteiger partial charge >= 0.3 is 5.97 Å². The summed E-state index contributed by atoms with van der Waals surface area (Å²) >= 11 is 1.62. The Kier molecular flexibility index (Phi) is 4.29. The molecule has 5 nitrogen and oxygen atoms in total. The third-order valence-electron chi connectivity index (χ3n) is 3.25. The number of benzene rings is 1. The molecule has 6 heteroatoms. The largest absolute Gasteiger partial charge is 0.481 e. The van der Waals surface area contributed by atoms with Crippen LogP contribution in [0.1, 0.15) is 12.8 Å². The monoisotopic (exact) mass is 313 g/mol. The van der Waals surface area contributed by atoms with Crippen LogP contribution in [-0.2, 0) is 4.79 Å². The first-order chi connectivity index (χ1) is 10.7. The van der Waals surface area contributed by atoms with E-state index in [9.17, 15) is 4.79 Å². The second-order valence-electron chi connectivity index (χ2n) is 4.84. The van der Waals surface area contributed by atoms with Crippen molar-refractivity contribution in [3.05, 3.63) is 42.7 Å². The minimum Gasteiger partial charge on any atom is -0.481 e. The Morgan fingerprint density at radius 3 is 2.82 bits per heavy atom. The lowest BCUT2D eigenvalue weighted by atomic mass is 10.2. The summed E-state index contributed by atoms with van der Waals surface area (Å²) in [6.07, 6.45) is 2.25. The van der Waals surface area contributed by atoms with Gasteiger partial charge in [0.25, 0.3) is 0 Å². The lowest BCUT2D eigenvalue weighted by molar-refractivity contribution is -0.137. The zero-order valence-corrected chi connectivity index (χ0v) is 12.6. The molecule has 0 saturated heterocycles. The Labute approximate surface area is 131 Å². The second-order valence-corrected chi connectivity index (χ2v) is 5.87. The molecule has 0 unspecified atom stereocenters. The third kappa shape index (κ3) is 3.23. The summed E-state index contributed by atoms with van der Waals surface area (Å²) in [6.45, 7) is 0.578. The number of aromatic nitrogens is 2. The predicted octanol–water partition coefficient (Wildman–Crippen LogP) is 3.64. The van der Waals surface area contributed by atoms with Crippen LogP contribution in [0.2, 0.25) is 0 Å². The van der Waals surface area contributed by atoms with Crippen LogP contribution in [0.5, 0.6) is 0 Å². The van der Waals surface area contributed by atoms with Crippen molar-refractivity contribution in [1.82, 2.24) is 9.97 Å². The highest BCUT2D eigenvalue weighted by Gasteiger charge is 2.09. The quantitative estimate of drug-likeness (QED) is 0.680. The van der Waals surface area contributed by atoms with E-state index < -0.39 is 5.97 Å². The van der Waals surface area contributed by atoms with E-state index in [-0.39, 0.29) is 6.42 Å². The van der Waals surface area contributed by atoms with Crippen molar-refractivity contribution >= 4 is 33.3 Å². The summed E-state index contributed by atoms with van der Waals surface area (Å²) in [6, 6.07) is 12.2. The van der Waals surface area contributed by atoms with E-state index >= 15 is 0 Å². The molecular weight excluding hydrogens is 298 g/mol. The summed E-state index contributed by atoms with van der Waals surface area (Å²) in [7, 11) is 0. The van der Waals surface area contributed by atoms with Gasteiger partial charge < -0.3 is 10.4 Å². The van der Waals surface area contributed by atoms with Crippen molar-refractivity contribution in [2.75, 3.05) is 11.9 Å². The number of carboxylic acids is 1. The summed E-state index contributed by atoms with van der Waals surface area (Å²) in [5.74, 6) is -0.0228. The normalized spacial score (nSPS) is 10.7. The molecule has 1 aromatic carbocycles. The maximum absolute atomic E-state index is 10.5. The van der Waals surface area contributed by atoms with Gasteiger partial charge in [-0.15, -0.1) is 11.3 Å². The number of carboxylic acid groups (broad SMARTS) is 1. The maximum Gasteiger partial charge on any atom is 0.303 e. The lowest BCUT2D eigenvalue weighted by Gasteiger charge is -2.04. The van der Waals surface area contributed by atoms with Gasteiger partial charge in [0.2, 0.25) is 0 Å². The molecule has 112 valence electrons. The molecule has 0 bridgehead atoms. The molecule has 0 aliphatic rings. The zero-order valence-electron chi connectivity index (χ0n) is 11.8. The number of hydrogen-bond donors (Lipinski definition) is 2. The number of anilines is 1. The smallest absolute Gasteiger partial charge is 0.303 e. The Morgan fingerprint density at radius 1 is 1.23 bits per heavy atom. The molecule has 2 aromatic heterocycles. The van der Waals surface area contributed by atoms with Gasteiger partial charge in [0.15, 0.2) is 0 Å². The van der Waals surface area contributed by atoms with Gasteiger partial charge in [0.1, 0.15) is 17.0 Å². The number of rotatable bonds is 6. The number of hydrogen-bond acceptors (Lipinski definition) is 5. The summed E-state index contributed by atoms with van der Waals surface area (Å²) in [4.78, 5) is 21.2. The number of nitrogens with zero attached hydrogens (tertiary/aromatic N) is 2. The number of thiophene rings is 1. The molecule has 3 rings (SSSR count). The molecule has 0 saturated carbocycles. The highest BCUT2D eigenvalue weighted by Crippen LogP contribution is 2.34. The van der Waals surface area contributed by atoms with Crippen LogP contribution in [-0.4, -0.2) is 27.6 Å². The van der Waals surface area contributed by atoms with E-state index in [2.05, 4.69) is 33.5 Å². The van der Waals surface area contributed by atoms with E-state index in [4.69, 9.17) is 5.11 Å². The van der Waals surface area contributed by atoms with Crippen molar-refractivity contribution in [2.24, 2.45) is 0 Å². The van der Waals surface area contributed by atoms with Crippen molar-refractivity contribution < 1.29 is 9.90 Å². The van der Waals surface area contributed by atoms with Crippen molar-refractivity contribution in [3.63, 3.8) is 0 Å². The van der Waals surface area contributed by atoms with Crippen molar-refractivity contribution in [3.8, 4) is 10.4 Å². The van der Waals surface area contributed by atoms with Crippen molar-refractivity contribution in [1.29, 1.82) is 0 Å². The Morgan fingerprint density at radius 2 is 2.05 bits per heavy atom. The first-order valence-electron chi connectivity index (χ1n) is 6.99. The van der Waals surface area contributed by atoms with Gasteiger partial charge in [-0.25, -0.2) is 9.97 Å². The molecule has 0 radical (unpaired) electrons. The van der Waals surface area contributed by atoms with Gasteiger partial charge in [-0.2, -0.15) is 0 Å². The van der Waals surface area contributed by atoms with E-state index in [1.54, 1.807) is 11.3 Å². The molecule has 0 amide bonds. The molecule has 0 aliphatic carbocycles. The number of fused-ring (bicyclic) bond motifs is 1. The van der Waals surface area contributed by atoms with Crippen LogP contribution in [0.25, 0.3) is 20.7 Å². The Balaban J connectivity index is 1.83. The summed E-state index contributed by atoms with van der Waals surface area (Å²) in [5, 5.41) is 12.8. The molecule has 2 heterocycles. The fraction of sp³-hybridized carbons (Fsp3) is 0.188. The standard InChI is InChI=1S/C16H15N3O2S/c20-14(21)7-4-8-17-15-12-9-13(11-5-2-1-3-6-11)22-16(12)19-10-18-15/h1-3,5-6,9-10H,4,7-8H2,(H,20,21)(H,17,18,19). The highest BCUT2D eigenvalue weighted by molar-refractivity contribution is 7.21. The van der Waals surface area contributed by atoms with Gasteiger partial charge in [-0.05, 0) is 18.1 Å². The minimum absolute atomic E-state index is 0.153. The first kappa shape index (κ1) is 14.5. The van der Waals surface area contributed by atoms with Crippen LogP contribution < -0.4 is 5.32 Å². The highest BCUT2D eigenvalue weighted by atomic mass is 32.1. The number of aliphatic carboxylic acids is 1. The van der Waals surface area contributed by atoms with Crippen LogP contribution in [0.4, 0.5) is 5.82 Å². The fourth-order valence-electron chi connectivity index (χ4n) is 2.19. The van der Waals surface area contributed by atoms with Gasteiger partial charge in [0.05, 0.1) is 5.39 Å². The first-order valence-corrected chi connectivity index (χ1v) is 7.81. The molecule has 0 atom stereocenters. The number of carbonyl (C=O) groups is 1. The van der Waals surface area contributed by atoms with E-state index in [0.29, 0.717) is 13.0 Å². The van der Waals surface area contributed by atoms with Gasteiger partial charge in [-0.1, -0.05) is 30.3 Å². The average Bonchev–Trinajstić information content (AvgIpc) is 2.97. The zero-order chi connectivity index (χ0) is 15.4. The lowest BCUT2D eigenvalue weighted by Crippen LogP contribution is -2.06. The van der Waals surface area contributed by atoms with Crippen LogP contribution in [0.3, 0.4) is 0 Å².